The lowest BCUT2D eigenvalue weighted by Gasteiger charge is -2.07. The fourth-order valence-electron chi connectivity index (χ4n) is 1.75. The standard InChI is InChI=1S/C13H13Cl2N3O2S/c1-7-8(2)21-13(20)18(7)4-3-12(19)17-11-5-9(14)10(15)6-16-11/h5-6H,3-4H2,1-2H3,(H,16,17,19). The molecular formula is C13H13Cl2N3O2S. The number of amides is 1. The molecule has 2 aromatic rings. The Hall–Kier alpha value is -1.37. The normalized spacial score (nSPS) is 10.7. The number of aromatic nitrogens is 2. The van der Waals surface area contributed by atoms with Gasteiger partial charge in [0.1, 0.15) is 5.82 Å². The van der Waals surface area contributed by atoms with E-state index in [1.165, 1.54) is 23.6 Å². The fraction of sp³-hybridized carbons (Fsp3) is 0.308. The van der Waals surface area contributed by atoms with Crippen LogP contribution in [-0.2, 0) is 11.3 Å². The lowest BCUT2D eigenvalue weighted by Crippen LogP contribution is -2.20. The minimum atomic E-state index is -0.240. The van der Waals surface area contributed by atoms with Crippen molar-refractivity contribution in [3.05, 3.63) is 42.5 Å². The Morgan fingerprint density at radius 2 is 2.10 bits per heavy atom. The van der Waals surface area contributed by atoms with E-state index in [4.69, 9.17) is 23.2 Å². The molecule has 5 nitrogen and oxygen atoms in total. The first-order chi connectivity index (χ1) is 9.88. The number of aryl methyl sites for hydroxylation is 1. The van der Waals surface area contributed by atoms with Crippen LogP contribution in [0.5, 0.6) is 0 Å². The molecule has 2 rings (SSSR count). The quantitative estimate of drug-likeness (QED) is 0.924. The second-order valence-electron chi connectivity index (χ2n) is 4.44. The average Bonchev–Trinajstić information content (AvgIpc) is 2.66. The third kappa shape index (κ3) is 3.84. The number of rotatable bonds is 4. The monoisotopic (exact) mass is 345 g/mol. The maximum atomic E-state index is 11.9. The number of nitrogens with one attached hydrogen (secondary N) is 1. The molecule has 8 heteroatoms. The SMILES string of the molecule is Cc1sc(=O)n(CCC(=O)Nc2cc(Cl)c(Cl)cn2)c1C. The molecule has 0 radical (unpaired) electrons. The zero-order chi connectivity index (χ0) is 15.6. The van der Waals surface area contributed by atoms with Crippen LogP contribution in [0.1, 0.15) is 17.0 Å². The summed E-state index contributed by atoms with van der Waals surface area (Å²) in [6, 6.07) is 1.48. The summed E-state index contributed by atoms with van der Waals surface area (Å²) in [6.45, 7) is 4.09. The zero-order valence-corrected chi connectivity index (χ0v) is 13.8. The van der Waals surface area contributed by atoms with Gasteiger partial charge in [-0.05, 0) is 13.8 Å². The van der Waals surface area contributed by atoms with E-state index in [1.54, 1.807) is 4.57 Å². The molecule has 0 atom stereocenters. The third-order valence-electron chi connectivity index (χ3n) is 3.01. The van der Waals surface area contributed by atoms with Gasteiger partial charge in [0.2, 0.25) is 5.91 Å². The van der Waals surface area contributed by atoms with Crippen LogP contribution in [0.25, 0.3) is 0 Å². The molecule has 0 aliphatic rings. The van der Waals surface area contributed by atoms with Crippen LogP contribution in [-0.4, -0.2) is 15.5 Å². The van der Waals surface area contributed by atoms with Gasteiger partial charge in [-0.25, -0.2) is 4.98 Å². The van der Waals surface area contributed by atoms with Gasteiger partial charge in [-0.1, -0.05) is 34.5 Å². The zero-order valence-electron chi connectivity index (χ0n) is 11.4. The van der Waals surface area contributed by atoms with Crippen LogP contribution in [0.2, 0.25) is 10.0 Å². The summed E-state index contributed by atoms with van der Waals surface area (Å²) in [7, 11) is 0. The second kappa shape index (κ2) is 6.60. The van der Waals surface area contributed by atoms with Gasteiger partial charge in [-0.2, -0.15) is 0 Å². The van der Waals surface area contributed by atoms with Crippen molar-refractivity contribution >= 4 is 46.3 Å². The molecule has 2 aromatic heterocycles. The summed E-state index contributed by atoms with van der Waals surface area (Å²) in [4.78, 5) is 28.5. The number of nitrogens with zero attached hydrogens (tertiary/aromatic N) is 2. The molecule has 0 spiro atoms. The number of anilines is 1. The maximum Gasteiger partial charge on any atom is 0.307 e. The smallest absolute Gasteiger partial charge is 0.307 e. The first-order valence-corrected chi connectivity index (χ1v) is 7.73. The summed E-state index contributed by atoms with van der Waals surface area (Å²) in [5, 5.41) is 3.27. The van der Waals surface area contributed by atoms with Crippen LogP contribution in [0.15, 0.2) is 17.1 Å². The highest BCUT2D eigenvalue weighted by Crippen LogP contribution is 2.22. The summed E-state index contributed by atoms with van der Waals surface area (Å²) in [5.41, 5.74) is 0.894. The number of hydrogen-bond acceptors (Lipinski definition) is 4. The largest absolute Gasteiger partial charge is 0.311 e. The molecule has 0 unspecified atom stereocenters. The molecule has 0 aliphatic carbocycles. The Morgan fingerprint density at radius 1 is 1.38 bits per heavy atom. The first-order valence-electron chi connectivity index (χ1n) is 6.16. The second-order valence-corrected chi connectivity index (χ2v) is 6.42. The van der Waals surface area contributed by atoms with Crippen molar-refractivity contribution in [1.29, 1.82) is 0 Å². The van der Waals surface area contributed by atoms with Crippen molar-refractivity contribution in [2.24, 2.45) is 0 Å². The number of thiazole rings is 1. The van der Waals surface area contributed by atoms with Crippen molar-refractivity contribution in [2.75, 3.05) is 5.32 Å². The van der Waals surface area contributed by atoms with E-state index in [-0.39, 0.29) is 17.2 Å². The highest BCUT2D eigenvalue weighted by molar-refractivity contribution is 7.09. The van der Waals surface area contributed by atoms with E-state index in [1.807, 2.05) is 13.8 Å². The van der Waals surface area contributed by atoms with Crippen molar-refractivity contribution in [1.82, 2.24) is 9.55 Å². The molecule has 0 bridgehead atoms. The summed E-state index contributed by atoms with van der Waals surface area (Å²) in [5.74, 6) is 0.0935. The number of halogens is 2. The Kier molecular flexibility index (Phi) is 5.03. The van der Waals surface area contributed by atoms with Gasteiger partial charge in [-0.3, -0.25) is 9.59 Å². The van der Waals surface area contributed by atoms with E-state index in [0.717, 1.165) is 10.6 Å². The molecule has 1 amide bonds. The summed E-state index contributed by atoms with van der Waals surface area (Å²) < 4.78 is 1.60. The van der Waals surface area contributed by atoms with Gasteiger partial charge in [0.05, 0.1) is 10.0 Å². The number of carbonyl (C=O) groups is 1. The van der Waals surface area contributed by atoms with Crippen LogP contribution in [0.3, 0.4) is 0 Å². The molecule has 21 heavy (non-hydrogen) atoms. The van der Waals surface area contributed by atoms with Crippen molar-refractivity contribution < 1.29 is 4.79 Å². The summed E-state index contributed by atoms with van der Waals surface area (Å²) >= 11 is 12.8. The van der Waals surface area contributed by atoms with E-state index in [9.17, 15) is 9.59 Å². The maximum absolute atomic E-state index is 11.9. The number of pyridine rings is 1. The Bertz CT molecular complexity index is 740. The van der Waals surface area contributed by atoms with E-state index >= 15 is 0 Å². The minimum Gasteiger partial charge on any atom is -0.311 e. The van der Waals surface area contributed by atoms with Gasteiger partial charge in [0.15, 0.2) is 0 Å². The van der Waals surface area contributed by atoms with Crippen LogP contribution < -0.4 is 10.2 Å². The fourth-order valence-corrected chi connectivity index (χ4v) is 2.86. The molecule has 0 aliphatic heterocycles. The van der Waals surface area contributed by atoms with E-state index in [2.05, 4.69) is 10.3 Å². The molecule has 112 valence electrons. The van der Waals surface area contributed by atoms with Gasteiger partial charge in [0, 0.05) is 35.8 Å². The highest BCUT2D eigenvalue weighted by atomic mass is 35.5. The summed E-state index contributed by atoms with van der Waals surface area (Å²) in [6.07, 6.45) is 1.55. The van der Waals surface area contributed by atoms with Crippen LogP contribution in [0.4, 0.5) is 5.82 Å². The first kappa shape index (κ1) is 16.0. The number of hydrogen-bond donors (Lipinski definition) is 1. The molecule has 1 N–H and O–H groups in total. The topological polar surface area (TPSA) is 64.0 Å². The Morgan fingerprint density at radius 3 is 2.67 bits per heavy atom. The van der Waals surface area contributed by atoms with Crippen molar-refractivity contribution in [3.8, 4) is 0 Å². The Labute approximate surface area is 135 Å². The molecule has 0 saturated heterocycles. The van der Waals surface area contributed by atoms with Crippen LogP contribution >= 0.6 is 34.5 Å². The van der Waals surface area contributed by atoms with Gasteiger partial charge in [-0.15, -0.1) is 0 Å². The molecular weight excluding hydrogens is 333 g/mol. The van der Waals surface area contributed by atoms with Gasteiger partial charge >= 0.3 is 4.87 Å². The van der Waals surface area contributed by atoms with Gasteiger partial charge < -0.3 is 9.88 Å². The number of carbonyl (C=O) groups excluding carboxylic acids is 1. The lowest BCUT2D eigenvalue weighted by atomic mass is 10.3. The van der Waals surface area contributed by atoms with Gasteiger partial charge in [0.25, 0.3) is 0 Å². The van der Waals surface area contributed by atoms with Crippen LogP contribution in [0, 0.1) is 13.8 Å². The molecule has 0 aromatic carbocycles. The van der Waals surface area contributed by atoms with Crippen molar-refractivity contribution in [3.63, 3.8) is 0 Å². The molecule has 0 fully saturated rings. The van der Waals surface area contributed by atoms with Crippen molar-refractivity contribution in [2.45, 2.75) is 26.8 Å². The Balaban J connectivity index is 1.99. The predicted octanol–water partition coefficient (Wildman–Crippen LogP) is 3.26. The molecule has 0 saturated carbocycles. The third-order valence-corrected chi connectivity index (χ3v) is 4.72. The minimum absolute atomic E-state index is 0.0505. The lowest BCUT2D eigenvalue weighted by molar-refractivity contribution is -0.116. The highest BCUT2D eigenvalue weighted by Gasteiger charge is 2.10. The van der Waals surface area contributed by atoms with E-state index < -0.39 is 0 Å². The van der Waals surface area contributed by atoms with E-state index in [0.29, 0.717) is 22.4 Å². The average molecular weight is 346 g/mol. The molecule has 2 heterocycles. The predicted molar refractivity (Wildman–Crippen MR) is 85.6 cm³/mol.